The molecule has 2 atom stereocenters. The number of morpholine rings is 1. The lowest BCUT2D eigenvalue weighted by atomic mass is 9.89. The summed E-state index contributed by atoms with van der Waals surface area (Å²) >= 11 is 0. The van der Waals surface area contributed by atoms with E-state index < -0.39 is 0 Å². The Morgan fingerprint density at radius 1 is 1.38 bits per heavy atom. The number of ether oxygens (including phenoxy) is 1. The highest BCUT2D eigenvalue weighted by molar-refractivity contribution is 6.02. The third-order valence-electron chi connectivity index (χ3n) is 4.64. The second-order valence-electron chi connectivity index (χ2n) is 5.91. The molecular weight excluding hydrogens is 266 g/mol. The Morgan fingerprint density at radius 3 is 3.00 bits per heavy atom. The molecule has 2 fully saturated rings. The van der Waals surface area contributed by atoms with E-state index in [2.05, 4.69) is 23.0 Å². The summed E-state index contributed by atoms with van der Waals surface area (Å²) in [7, 11) is 0. The zero-order valence-corrected chi connectivity index (χ0v) is 12.5. The van der Waals surface area contributed by atoms with E-state index >= 15 is 0 Å². The van der Waals surface area contributed by atoms with Crippen molar-refractivity contribution in [3.63, 3.8) is 0 Å². The summed E-state index contributed by atoms with van der Waals surface area (Å²) in [6.45, 7) is 3.68. The van der Waals surface area contributed by atoms with E-state index in [1.54, 1.807) is 0 Å². The first-order valence-electron chi connectivity index (χ1n) is 7.68. The van der Waals surface area contributed by atoms with Crippen LogP contribution >= 0.6 is 0 Å². The van der Waals surface area contributed by atoms with E-state index in [1.165, 1.54) is 12.8 Å². The van der Waals surface area contributed by atoms with Gasteiger partial charge in [0.25, 0.3) is 0 Å². The fraction of sp³-hybridized carbons (Fsp3) is 0.562. The first-order valence-corrected chi connectivity index (χ1v) is 7.68. The molecule has 21 heavy (non-hydrogen) atoms. The van der Waals surface area contributed by atoms with Crippen LogP contribution in [0.3, 0.4) is 0 Å². The Labute approximate surface area is 125 Å². The molecule has 1 saturated heterocycles. The predicted octanol–water partition coefficient (Wildman–Crippen LogP) is 2.24. The highest BCUT2D eigenvalue weighted by atomic mass is 16.5. The van der Waals surface area contributed by atoms with E-state index in [4.69, 9.17) is 15.7 Å². The molecule has 0 amide bonds. The van der Waals surface area contributed by atoms with Crippen LogP contribution in [0, 0.1) is 6.92 Å². The maximum atomic E-state index is 9.05. The molecule has 2 unspecified atom stereocenters. The van der Waals surface area contributed by atoms with Crippen molar-refractivity contribution in [2.24, 2.45) is 10.9 Å². The lowest BCUT2D eigenvalue weighted by molar-refractivity contribution is -0.00872. The number of rotatable bonds is 2. The molecule has 1 aliphatic carbocycles. The lowest BCUT2D eigenvalue weighted by Gasteiger charge is -2.46. The van der Waals surface area contributed by atoms with Gasteiger partial charge in [0.1, 0.15) is 0 Å². The molecule has 0 radical (unpaired) electrons. The molecule has 2 aliphatic rings. The quantitative estimate of drug-likeness (QED) is 0.379. The van der Waals surface area contributed by atoms with Crippen LogP contribution in [0.15, 0.2) is 23.4 Å². The third kappa shape index (κ3) is 2.58. The van der Waals surface area contributed by atoms with Gasteiger partial charge in [0, 0.05) is 12.1 Å². The molecule has 1 saturated carbocycles. The maximum absolute atomic E-state index is 9.05. The van der Waals surface area contributed by atoms with Crippen LogP contribution < -0.4 is 10.6 Å². The van der Waals surface area contributed by atoms with Gasteiger partial charge in [0.05, 0.1) is 24.4 Å². The average Bonchev–Trinajstić information content (AvgIpc) is 2.53. The molecule has 114 valence electrons. The number of para-hydroxylation sites is 1. The van der Waals surface area contributed by atoms with Gasteiger partial charge in [-0.05, 0) is 31.4 Å². The number of hydrogen-bond donors (Lipinski definition) is 2. The normalized spacial score (nSPS) is 26.5. The van der Waals surface area contributed by atoms with Crippen LogP contribution in [0.1, 0.15) is 36.8 Å². The molecule has 0 aromatic heterocycles. The zero-order valence-electron chi connectivity index (χ0n) is 12.5. The molecule has 0 bridgehead atoms. The summed E-state index contributed by atoms with van der Waals surface area (Å²) < 4.78 is 5.95. The van der Waals surface area contributed by atoms with Crippen molar-refractivity contribution < 1.29 is 9.94 Å². The van der Waals surface area contributed by atoms with Gasteiger partial charge in [-0.2, -0.15) is 0 Å². The largest absolute Gasteiger partial charge is 0.409 e. The molecule has 1 heterocycles. The average molecular weight is 289 g/mol. The molecule has 1 aliphatic heterocycles. The highest BCUT2D eigenvalue weighted by Crippen LogP contribution is 2.35. The number of fused-ring (bicyclic) bond motifs is 1. The van der Waals surface area contributed by atoms with Gasteiger partial charge in [0.2, 0.25) is 0 Å². The Hall–Kier alpha value is -1.75. The SMILES string of the molecule is Cc1cccc(/C(N)=N/O)c1N1CCOC2CCCCC21. The van der Waals surface area contributed by atoms with Crippen molar-refractivity contribution >= 4 is 11.5 Å². The van der Waals surface area contributed by atoms with Gasteiger partial charge in [0.15, 0.2) is 5.84 Å². The number of aryl methyl sites for hydroxylation is 1. The van der Waals surface area contributed by atoms with Crippen molar-refractivity contribution in [1.29, 1.82) is 0 Å². The Morgan fingerprint density at radius 2 is 2.19 bits per heavy atom. The van der Waals surface area contributed by atoms with Crippen LogP contribution in [-0.4, -0.2) is 36.3 Å². The number of hydrogen-bond acceptors (Lipinski definition) is 4. The van der Waals surface area contributed by atoms with Gasteiger partial charge >= 0.3 is 0 Å². The highest BCUT2D eigenvalue weighted by Gasteiger charge is 2.35. The molecule has 3 rings (SSSR count). The van der Waals surface area contributed by atoms with Gasteiger partial charge in [-0.1, -0.05) is 30.1 Å². The first kappa shape index (κ1) is 14.2. The number of benzene rings is 1. The summed E-state index contributed by atoms with van der Waals surface area (Å²) in [6.07, 6.45) is 5.08. The number of oxime groups is 1. The first-order chi connectivity index (χ1) is 10.2. The second kappa shape index (κ2) is 5.93. The van der Waals surface area contributed by atoms with Crippen molar-refractivity contribution in [3.05, 3.63) is 29.3 Å². The topological polar surface area (TPSA) is 71.1 Å². The maximum Gasteiger partial charge on any atom is 0.172 e. The molecule has 1 aromatic carbocycles. The van der Waals surface area contributed by atoms with Crippen molar-refractivity contribution in [3.8, 4) is 0 Å². The van der Waals surface area contributed by atoms with Crippen LogP contribution in [0.2, 0.25) is 0 Å². The van der Waals surface area contributed by atoms with E-state index in [1.807, 2.05) is 12.1 Å². The molecule has 5 nitrogen and oxygen atoms in total. The van der Waals surface area contributed by atoms with E-state index in [0.29, 0.717) is 12.1 Å². The van der Waals surface area contributed by atoms with E-state index in [9.17, 15) is 0 Å². The Balaban J connectivity index is 2.02. The number of nitrogens with zero attached hydrogens (tertiary/aromatic N) is 2. The number of nitrogens with two attached hydrogens (primary N) is 1. The van der Waals surface area contributed by atoms with Crippen molar-refractivity contribution in [1.82, 2.24) is 0 Å². The fourth-order valence-electron chi connectivity index (χ4n) is 3.67. The van der Waals surface area contributed by atoms with Gasteiger partial charge in [-0.25, -0.2) is 0 Å². The standard InChI is InChI=1S/C16H23N3O2/c1-11-5-4-6-12(16(17)18-20)15(11)19-9-10-21-14-8-3-2-7-13(14)19/h4-6,13-14,20H,2-3,7-10H2,1H3,(H2,17,18). The fourth-order valence-corrected chi connectivity index (χ4v) is 3.67. The number of amidine groups is 1. The smallest absolute Gasteiger partial charge is 0.172 e. The summed E-state index contributed by atoms with van der Waals surface area (Å²) in [5.74, 6) is 0.174. The molecule has 5 heteroatoms. The van der Waals surface area contributed by atoms with Crippen LogP contribution in [0.4, 0.5) is 5.69 Å². The van der Waals surface area contributed by atoms with Crippen LogP contribution in [0.25, 0.3) is 0 Å². The summed E-state index contributed by atoms with van der Waals surface area (Å²) in [5.41, 5.74) is 8.94. The molecule has 0 spiro atoms. The van der Waals surface area contributed by atoms with Crippen molar-refractivity contribution in [2.45, 2.75) is 44.8 Å². The summed E-state index contributed by atoms with van der Waals surface area (Å²) in [5, 5.41) is 12.2. The lowest BCUT2D eigenvalue weighted by Crippen LogP contribution is -2.53. The second-order valence-corrected chi connectivity index (χ2v) is 5.91. The minimum atomic E-state index is 0.174. The zero-order chi connectivity index (χ0) is 14.8. The molecule has 1 aromatic rings. The van der Waals surface area contributed by atoms with Crippen LogP contribution in [0.5, 0.6) is 0 Å². The minimum Gasteiger partial charge on any atom is -0.409 e. The molecular formula is C16H23N3O2. The summed E-state index contributed by atoms with van der Waals surface area (Å²) in [4.78, 5) is 2.41. The minimum absolute atomic E-state index is 0.174. The van der Waals surface area contributed by atoms with Gasteiger partial charge < -0.3 is 20.6 Å². The predicted molar refractivity (Wildman–Crippen MR) is 83.0 cm³/mol. The number of anilines is 1. The monoisotopic (exact) mass is 289 g/mol. The van der Waals surface area contributed by atoms with Crippen LogP contribution in [-0.2, 0) is 4.74 Å². The third-order valence-corrected chi connectivity index (χ3v) is 4.64. The van der Waals surface area contributed by atoms with E-state index in [0.717, 1.165) is 42.8 Å². The van der Waals surface area contributed by atoms with Gasteiger partial charge in [-0.15, -0.1) is 0 Å². The Bertz CT molecular complexity index is 542. The Kier molecular flexibility index (Phi) is 4.01. The van der Waals surface area contributed by atoms with Gasteiger partial charge in [-0.3, -0.25) is 0 Å². The van der Waals surface area contributed by atoms with Crippen molar-refractivity contribution in [2.75, 3.05) is 18.1 Å². The van der Waals surface area contributed by atoms with E-state index in [-0.39, 0.29) is 5.84 Å². The summed E-state index contributed by atoms with van der Waals surface area (Å²) in [6, 6.07) is 6.35. The molecule has 3 N–H and O–H groups in total.